The second-order valence-corrected chi connectivity index (χ2v) is 8.86. The Hall–Kier alpha value is -1.35. The highest BCUT2D eigenvalue weighted by molar-refractivity contribution is 5.86. The van der Waals surface area contributed by atoms with Gasteiger partial charge in [-0.2, -0.15) is 0 Å². The molecule has 0 heterocycles. The lowest BCUT2D eigenvalue weighted by atomic mass is 9.50. The number of aliphatic hydroxyl groups is 2. The number of carbonyl (C=O) groups is 1. The van der Waals surface area contributed by atoms with Crippen LogP contribution in [0, 0.1) is 22.7 Å². The maximum Gasteiger partial charge on any atom is 0.161 e. The predicted molar refractivity (Wildman–Crippen MR) is 93.4 cm³/mol. The normalized spacial score (nSPS) is 46.9. The van der Waals surface area contributed by atoms with Crippen molar-refractivity contribution in [1.29, 1.82) is 0 Å². The van der Waals surface area contributed by atoms with Crippen LogP contribution in [0.3, 0.4) is 0 Å². The fourth-order valence-electron chi connectivity index (χ4n) is 6.26. The summed E-state index contributed by atoms with van der Waals surface area (Å²) in [6.07, 6.45) is 11.5. The second kappa shape index (κ2) is 4.85. The summed E-state index contributed by atoms with van der Waals surface area (Å²) in [4.78, 5) is 12.2. The summed E-state index contributed by atoms with van der Waals surface area (Å²) in [5, 5.41) is 21.0. The third kappa shape index (κ3) is 1.79. The molecule has 2 saturated carbocycles. The first-order chi connectivity index (χ1) is 11.2. The molecular weight excluding hydrogens is 300 g/mol. The van der Waals surface area contributed by atoms with Gasteiger partial charge < -0.3 is 10.2 Å². The summed E-state index contributed by atoms with van der Waals surface area (Å²) >= 11 is 0. The Kier molecular flexibility index (Phi) is 3.26. The van der Waals surface area contributed by atoms with Gasteiger partial charge in [-0.1, -0.05) is 31.6 Å². The van der Waals surface area contributed by atoms with E-state index in [9.17, 15) is 15.0 Å². The number of allylic oxidation sites excluding steroid dienone is 6. The van der Waals surface area contributed by atoms with Gasteiger partial charge in [-0.15, -0.1) is 0 Å². The zero-order chi connectivity index (χ0) is 17.3. The number of carbonyl (C=O) groups excluding carboxylic acids is 1. The van der Waals surface area contributed by atoms with E-state index in [0.29, 0.717) is 24.0 Å². The van der Waals surface area contributed by atoms with Crippen molar-refractivity contribution in [3.05, 3.63) is 35.1 Å². The highest BCUT2D eigenvalue weighted by Gasteiger charge is 2.63. The highest BCUT2D eigenvalue weighted by atomic mass is 16.3. The summed E-state index contributed by atoms with van der Waals surface area (Å²) < 4.78 is 0. The number of hydrogen-bond acceptors (Lipinski definition) is 3. The molecular formula is C21H28O3. The Morgan fingerprint density at radius 3 is 2.54 bits per heavy atom. The molecule has 0 spiro atoms. The van der Waals surface area contributed by atoms with E-state index in [1.807, 2.05) is 6.08 Å². The average Bonchev–Trinajstić information content (AvgIpc) is 2.81. The molecule has 0 amide bonds. The van der Waals surface area contributed by atoms with Crippen LogP contribution in [0.25, 0.3) is 0 Å². The summed E-state index contributed by atoms with van der Waals surface area (Å²) in [6, 6.07) is 0. The molecule has 4 rings (SSSR count). The summed E-state index contributed by atoms with van der Waals surface area (Å²) in [5.41, 5.74) is 1.24. The van der Waals surface area contributed by atoms with Crippen molar-refractivity contribution in [2.45, 2.75) is 64.9 Å². The molecule has 0 radical (unpaired) electrons. The molecule has 4 aliphatic rings. The Balaban J connectivity index is 1.78. The topological polar surface area (TPSA) is 57.5 Å². The lowest BCUT2D eigenvalue weighted by Crippen LogP contribution is -2.54. The number of Topliss-reactive ketones (excluding diaryl/α,β-unsaturated/α-hetero) is 1. The van der Waals surface area contributed by atoms with E-state index >= 15 is 0 Å². The average molecular weight is 328 g/mol. The first kappa shape index (κ1) is 16.1. The molecule has 3 nitrogen and oxygen atoms in total. The third-order valence-corrected chi connectivity index (χ3v) is 7.95. The van der Waals surface area contributed by atoms with Gasteiger partial charge in [-0.3, -0.25) is 4.79 Å². The fraction of sp³-hybridized carbons (Fsp3) is 0.667. The molecule has 2 N–H and O–H groups in total. The number of fused-ring (bicyclic) bond motifs is 5. The minimum atomic E-state index is -1.17. The Labute approximate surface area is 144 Å². The molecule has 0 bridgehead atoms. The first-order valence-corrected chi connectivity index (χ1v) is 9.27. The van der Waals surface area contributed by atoms with Crippen molar-refractivity contribution in [2.75, 3.05) is 0 Å². The van der Waals surface area contributed by atoms with Crippen LogP contribution in [-0.2, 0) is 4.79 Å². The quantitative estimate of drug-likeness (QED) is 0.757. The van der Waals surface area contributed by atoms with Crippen LogP contribution in [0.2, 0.25) is 0 Å². The molecule has 5 atom stereocenters. The van der Waals surface area contributed by atoms with Crippen LogP contribution in [0.1, 0.15) is 59.3 Å². The van der Waals surface area contributed by atoms with Crippen LogP contribution in [0.15, 0.2) is 35.1 Å². The highest BCUT2D eigenvalue weighted by Crippen LogP contribution is 2.65. The standard InChI is InChI=1S/C21H28O3/c1-13(22)21(24)11-8-18-16-5-4-14-12-15(23)6-9-19(14,2)17(16)7-10-20(18,21)3/h4-5,12,17-18,23-24H,6-11H2,1-3H3/t17-,18-,19-,20-,21-/m0/s1. The minimum Gasteiger partial charge on any atom is -0.512 e. The molecule has 24 heavy (non-hydrogen) atoms. The lowest BCUT2D eigenvalue weighted by molar-refractivity contribution is -0.150. The second-order valence-electron chi connectivity index (χ2n) is 8.86. The first-order valence-electron chi connectivity index (χ1n) is 9.27. The van der Waals surface area contributed by atoms with E-state index in [0.717, 1.165) is 32.1 Å². The van der Waals surface area contributed by atoms with E-state index in [1.54, 1.807) is 6.92 Å². The SMILES string of the molecule is CC(=O)[C@@]1(O)CC[C@H]2C3=CC=C4C=C(O)CC[C@]4(C)[C@H]3CC[C@@]21C. The van der Waals surface area contributed by atoms with Gasteiger partial charge in [0.1, 0.15) is 5.60 Å². The van der Waals surface area contributed by atoms with Crippen molar-refractivity contribution < 1.29 is 15.0 Å². The zero-order valence-corrected chi connectivity index (χ0v) is 14.9. The van der Waals surface area contributed by atoms with E-state index in [4.69, 9.17) is 0 Å². The maximum absolute atomic E-state index is 12.2. The van der Waals surface area contributed by atoms with Crippen molar-refractivity contribution in [3.8, 4) is 0 Å². The third-order valence-electron chi connectivity index (χ3n) is 7.95. The number of ketones is 1. The van der Waals surface area contributed by atoms with Gasteiger partial charge >= 0.3 is 0 Å². The summed E-state index contributed by atoms with van der Waals surface area (Å²) in [5.74, 6) is 1.17. The molecule has 4 aliphatic carbocycles. The van der Waals surface area contributed by atoms with E-state index in [1.165, 1.54) is 11.1 Å². The van der Waals surface area contributed by atoms with Gasteiger partial charge in [0.25, 0.3) is 0 Å². The number of aliphatic hydroxyl groups excluding tert-OH is 1. The van der Waals surface area contributed by atoms with Gasteiger partial charge in [-0.05, 0) is 67.9 Å². The van der Waals surface area contributed by atoms with Crippen molar-refractivity contribution in [1.82, 2.24) is 0 Å². The van der Waals surface area contributed by atoms with Crippen LogP contribution < -0.4 is 0 Å². The van der Waals surface area contributed by atoms with Crippen LogP contribution in [-0.4, -0.2) is 21.6 Å². The number of rotatable bonds is 1. The molecule has 0 aromatic carbocycles. The smallest absolute Gasteiger partial charge is 0.161 e. The summed E-state index contributed by atoms with van der Waals surface area (Å²) in [7, 11) is 0. The molecule has 130 valence electrons. The molecule has 0 aromatic rings. The van der Waals surface area contributed by atoms with Crippen molar-refractivity contribution in [2.24, 2.45) is 22.7 Å². The van der Waals surface area contributed by atoms with Gasteiger partial charge in [0.15, 0.2) is 5.78 Å². The van der Waals surface area contributed by atoms with Crippen LogP contribution >= 0.6 is 0 Å². The molecule has 3 heteroatoms. The largest absolute Gasteiger partial charge is 0.512 e. The zero-order valence-electron chi connectivity index (χ0n) is 14.9. The van der Waals surface area contributed by atoms with Gasteiger partial charge in [-0.25, -0.2) is 0 Å². The lowest BCUT2D eigenvalue weighted by Gasteiger charge is -2.54. The van der Waals surface area contributed by atoms with E-state index < -0.39 is 5.60 Å². The minimum absolute atomic E-state index is 0.0738. The van der Waals surface area contributed by atoms with Gasteiger partial charge in [0, 0.05) is 11.8 Å². The summed E-state index contributed by atoms with van der Waals surface area (Å²) in [6.45, 7) is 5.99. The van der Waals surface area contributed by atoms with Gasteiger partial charge in [0.05, 0.1) is 5.76 Å². The Morgan fingerprint density at radius 1 is 1.12 bits per heavy atom. The predicted octanol–water partition coefficient (Wildman–Crippen LogP) is 4.24. The molecule has 0 unspecified atom stereocenters. The fourth-order valence-corrected chi connectivity index (χ4v) is 6.26. The maximum atomic E-state index is 12.2. The Morgan fingerprint density at radius 2 is 1.83 bits per heavy atom. The van der Waals surface area contributed by atoms with Crippen molar-refractivity contribution >= 4 is 5.78 Å². The van der Waals surface area contributed by atoms with Crippen LogP contribution in [0.4, 0.5) is 0 Å². The number of hydrogen-bond donors (Lipinski definition) is 2. The van der Waals surface area contributed by atoms with Gasteiger partial charge in [0.2, 0.25) is 0 Å². The van der Waals surface area contributed by atoms with E-state index in [-0.39, 0.29) is 16.6 Å². The van der Waals surface area contributed by atoms with Crippen LogP contribution in [0.5, 0.6) is 0 Å². The molecule has 0 aromatic heterocycles. The molecule has 0 aliphatic heterocycles. The van der Waals surface area contributed by atoms with E-state index in [2.05, 4.69) is 26.0 Å². The Bertz CT molecular complexity index is 700. The van der Waals surface area contributed by atoms with Crippen molar-refractivity contribution in [3.63, 3.8) is 0 Å². The molecule has 2 fully saturated rings. The monoisotopic (exact) mass is 328 g/mol. The molecule has 0 saturated heterocycles.